The van der Waals surface area contributed by atoms with Crippen molar-refractivity contribution in [3.63, 3.8) is 0 Å². The Kier molecular flexibility index (Phi) is 6.15. The standard InChI is InChI=1S/C22H25F3N4/c1-4-15-9-20(13(2)5-19(15)25)29-21(16-7-17(23)10-18(24)8-16)11-27-22(29)6-14(3)28-12-26/h5-7,9-10,12,18,21,27H,3-4,8,11H2,1-2H3,(H2,26,28)/b22-6-. The fraction of sp³-hybridized carbons (Fsp3) is 0.318. The third-order valence-electron chi connectivity index (χ3n) is 5.12. The van der Waals surface area contributed by atoms with Crippen LogP contribution in [-0.2, 0) is 6.42 Å². The topological polar surface area (TPSA) is 53.6 Å². The third kappa shape index (κ3) is 4.39. The first kappa shape index (κ1) is 20.8. The van der Waals surface area contributed by atoms with E-state index in [1.807, 2.05) is 18.7 Å². The lowest BCUT2D eigenvalue weighted by molar-refractivity contribution is 0.379. The molecule has 2 atom stereocenters. The Balaban J connectivity index is 2.11. The summed E-state index contributed by atoms with van der Waals surface area (Å²) in [6.45, 7) is 7.97. The summed E-state index contributed by atoms with van der Waals surface area (Å²) in [5.41, 5.74) is 8.45. The number of hydrogen-bond donors (Lipinski definition) is 2. The molecule has 29 heavy (non-hydrogen) atoms. The minimum atomic E-state index is -1.37. The lowest BCUT2D eigenvalue weighted by Crippen LogP contribution is -2.34. The van der Waals surface area contributed by atoms with E-state index in [2.05, 4.69) is 16.9 Å². The quantitative estimate of drug-likeness (QED) is 0.569. The van der Waals surface area contributed by atoms with Crippen molar-refractivity contribution >= 4 is 12.0 Å². The lowest BCUT2D eigenvalue weighted by atomic mass is 9.94. The monoisotopic (exact) mass is 402 g/mol. The molecule has 1 heterocycles. The van der Waals surface area contributed by atoms with Gasteiger partial charge in [-0.3, -0.25) is 0 Å². The number of benzene rings is 1. The second-order valence-electron chi connectivity index (χ2n) is 7.14. The number of alkyl halides is 1. The van der Waals surface area contributed by atoms with Gasteiger partial charge in [-0.1, -0.05) is 13.5 Å². The summed E-state index contributed by atoms with van der Waals surface area (Å²) in [5.74, 6) is -0.193. The summed E-state index contributed by atoms with van der Waals surface area (Å²) in [6, 6.07) is 2.94. The van der Waals surface area contributed by atoms with Crippen molar-refractivity contribution in [2.45, 2.75) is 38.9 Å². The minimum Gasteiger partial charge on any atom is -0.390 e. The van der Waals surface area contributed by atoms with E-state index in [1.165, 1.54) is 12.1 Å². The van der Waals surface area contributed by atoms with Gasteiger partial charge in [0.05, 0.1) is 18.1 Å². The van der Waals surface area contributed by atoms with Crippen molar-refractivity contribution < 1.29 is 13.2 Å². The van der Waals surface area contributed by atoms with Crippen molar-refractivity contribution in [3.05, 3.63) is 76.8 Å². The first-order valence-electron chi connectivity index (χ1n) is 9.52. The van der Waals surface area contributed by atoms with Crippen LogP contribution in [0.2, 0.25) is 0 Å². The van der Waals surface area contributed by atoms with E-state index in [0.29, 0.717) is 35.6 Å². The number of nitrogens with two attached hydrogens (primary N) is 1. The highest BCUT2D eigenvalue weighted by Crippen LogP contribution is 2.36. The lowest BCUT2D eigenvalue weighted by Gasteiger charge is -2.31. The number of hydrogen-bond acceptors (Lipinski definition) is 3. The summed E-state index contributed by atoms with van der Waals surface area (Å²) < 4.78 is 42.2. The maximum Gasteiger partial charge on any atom is 0.126 e. The fourth-order valence-corrected chi connectivity index (χ4v) is 3.76. The van der Waals surface area contributed by atoms with Crippen LogP contribution in [0.4, 0.5) is 18.9 Å². The number of aliphatic imine (C=N–C) groups is 1. The Labute approximate surface area is 169 Å². The van der Waals surface area contributed by atoms with Crippen molar-refractivity contribution in [2.24, 2.45) is 10.7 Å². The molecule has 2 aliphatic rings. The molecule has 3 N–H and O–H groups in total. The van der Waals surface area contributed by atoms with Gasteiger partial charge in [-0.25, -0.2) is 18.2 Å². The van der Waals surface area contributed by atoms with Crippen LogP contribution in [0.15, 0.2) is 64.9 Å². The molecule has 4 nitrogen and oxygen atoms in total. The highest BCUT2D eigenvalue weighted by atomic mass is 19.1. The number of nitrogens with one attached hydrogen (secondary N) is 1. The van der Waals surface area contributed by atoms with Crippen LogP contribution in [0.25, 0.3) is 0 Å². The largest absolute Gasteiger partial charge is 0.390 e. The number of aryl methyl sites for hydroxylation is 2. The van der Waals surface area contributed by atoms with Gasteiger partial charge in [-0.2, -0.15) is 0 Å². The van der Waals surface area contributed by atoms with E-state index < -0.39 is 12.0 Å². The van der Waals surface area contributed by atoms with Gasteiger partial charge in [0.15, 0.2) is 0 Å². The third-order valence-corrected chi connectivity index (χ3v) is 5.12. The Bertz CT molecular complexity index is 930. The van der Waals surface area contributed by atoms with Crippen LogP contribution in [0, 0.1) is 12.7 Å². The highest BCUT2D eigenvalue weighted by molar-refractivity contribution is 5.64. The molecule has 0 spiro atoms. The molecule has 0 aromatic heterocycles. The predicted octanol–water partition coefficient (Wildman–Crippen LogP) is 4.34. The zero-order valence-corrected chi connectivity index (χ0v) is 16.6. The molecular formula is C22H25F3N4. The number of nitrogens with zero attached hydrogens (tertiary/aromatic N) is 2. The Morgan fingerprint density at radius 1 is 1.41 bits per heavy atom. The van der Waals surface area contributed by atoms with Crippen molar-refractivity contribution in [1.29, 1.82) is 0 Å². The molecule has 0 amide bonds. The molecule has 1 aliphatic heterocycles. The molecule has 1 fully saturated rings. The average molecular weight is 402 g/mol. The summed E-state index contributed by atoms with van der Waals surface area (Å²) in [7, 11) is 0. The highest BCUT2D eigenvalue weighted by Gasteiger charge is 2.35. The molecule has 0 bridgehead atoms. The summed E-state index contributed by atoms with van der Waals surface area (Å²) in [6.07, 6.45) is 4.47. The molecular weight excluding hydrogens is 377 g/mol. The van der Waals surface area contributed by atoms with Gasteiger partial charge in [0, 0.05) is 24.7 Å². The maximum atomic E-state index is 14.3. The Morgan fingerprint density at radius 3 is 2.83 bits per heavy atom. The van der Waals surface area contributed by atoms with Gasteiger partial charge in [0.2, 0.25) is 0 Å². The Hall–Kier alpha value is -2.96. The molecule has 2 unspecified atom stereocenters. The van der Waals surface area contributed by atoms with Gasteiger partial charge in [-0.05, 0) is 54.3 Å². The van der Waals surface area contributed by atoms with Crippen LogP contribution in [0.5, 0.6) is 0 Å². The Morgan fingerprint density at radius 2 is 2.17 bits per heavy atom. The number of allylic oxidation sites excluding steroid dienone is 4. The SMILES string of the molecule is C=C(/C=C1/NCC(C2=CC(F)=CC(F)C2)N1c1cc(CC)c(F)cc1C)N=CN. The molecule has 1 aliphatic carbocycles. The van der Waals surface area contributed by atoms with Crippen molar-refractivity contribution in [3.8, 4) is 0 Å². The molecule has 154 valence electrons. The smallest absolute Gasteiger partial charge is 0.126 e. The van der Waals surface area contributed by atoms with Crippen molar-refractivity contribution in [1.82, 2.24) is 5.32 Å². The van der Waals surface area contributed by atoms with E-state index >= 15 is 0 Å². The fourth-order valence-electron chi connectivity index (χ4n) is 3.76. The van der Waals surface area contributed by atoms with Crippen LogP contribution in [0.1, 0.15) is 24.5 Å². The predicted molar refractivity (Wildman–Crippen MR) is 111 cm³/mol. The van der Waals surface area contributed by atoms with E-state index in [0.717, 1.165) is 23.7 Å². The van der Waals surface area contributed by atoms with Gasteiger partial charge < -0.3 is 16.0 Å². The molecule has 0 radical (unpaired) electrons. The first-order chi connectivity index (χ1) is 13.8. The van der Waals surface area contributed by atoms with Gasteiger partial charge in [0.25, 0.3) is 0 Å². The zero-order chi connectivity index (χ0) is 21.1. The van der Waals surface area contributed by atoms with Crippen LogP contribution in [0.3, 0.4) is 0 Å². The zero-order valence-electron chi connectivity index (χ0n) is 16.6. The molecule has 1 aromatic rings. The molecule has 1 saturated heterocycles. The van der Waals surface area contributed by atoms with Gasteiger partial charge in [0.1, 0.15) is 23.6 Å². The molecule has 0 saturated carbocycles. The summed E-state index contributed by atoms with van der Waals surface area (Å²) >= 11 is 0. The molecule has 1 aromatic carbocycles. The molecule has 7 heteroatoms. The number of anilines is 1. The maximum absolute atomic E-state index is 14.3. The summed E-state index contributed by atoms with van der Waals surface area (Å²) in [5, 5.41) is 3.26. The number of halogens is 3. The average Bonchev–Trinajstić information content (AvgIpc) is 3.04. The van der Waals surface area contributed by atoms with E-state index in [4.69, 9.17) is 5.73 Å². The second kappa shape index (κ2) is 8.59. The minimum absolute atomic E-state index is 0.103. The first-order valence-corrected chi connectivity index (χ1v) is 9.52. The summed E-state index contributed by atoms with van der Waals surface area (Å²) in [4.78, 5) is 5.89. The number of rotatable bonds is 5. The molecule has 3 rings (SSSR count). The van der Waals surface area contributed by atoms with Gasteiger partial charge in [-0.15, -0.1) is 0 Å². The van der Waals surface area contributed by atoms with E-state index in [1.54, 1.807) is 12.1 Å². The van der Waals surface area contributed by atoms with Gasteiger partial charge >= 0.3 is 0 Å². The van der Waals surface area contributed by atoms with E-state index in [9.17, 15) is 13.2 Å². The second-order valence-corrected chi connectivity index (χ2v) is 7.14. The van der Waals surface area contributed by atoms with Crippen molar-refractivity contribution in [2.75, 3.05) is 11.4 Å². The van der Waals surface area contributed by atoms with Crippen LogP contribution < -0.4 is 16.0 Å². The van der Waals surface area contributed by atoms with Crippen LogP contribution >= 0.6 is 0 Å². The van der Waals surface area contributed by atoms with E-state index in [-0.39, 0.29) is 18.3 Å². The normalized spacial score (nSPS) is 23.3. The van der Waals surface area contributed by atoms with Crippen LogP contribution in [-0.4, -0.2) is 25.1 Å².